The van der Waals surface area contributed by atoms with Crippen molar-refractivity contribution >= 4 is 17.4 Å². The maximum atomic E-state index is 12.9. The average Bonchev–Trinajstić information content (AvgIpc) is 3.10. The normalized spacial score (nSPS) is 18.4. The maximum absolute atomic E-state index is 12.9. The van der Waals surface area contributed by atoms with Gasteiger partial charge in [0.25, 0.3) is 0 Å². The number of hydrogen-bond donors (Lipinski definition) is 1. The van der Waals surface area contributed by atoms with Gasteiger partial charge < -0.3 is 4.90 Å². The molecule has 1 atom stereocenters. The topological polar surface area (TPSA) is 49.1 Å². The number of rotatable bonds is 4. The molecule has 146 valence electrons. The molecule has 2 aliphatic heterocycles. The summed E-state index contributed by atoms with van der Waals surface area (Å²) in [6.07, 6.45) is 8.15. The number of carbonyl (C=O) groups is 1. The lowest BCUT2D eigenvalue weighted by Gasteiger charge is -2.28. The minimum Gasteiger partial charge on any atom is -0.372 e. The van der Waals surface area contributed by atoms with E-state index in [2.05, 4.69) is 51.6 Å². The van der Waals surface area contributed by atoms with Gasteiger partial charge in [0.05, 0.1) is 0 Å². The smallest absolute Gasteiger partial charge is 0.359 e. The average molecular weight is 385 g/mol. The predicted molar refractivity (Wildman–Crippen MR) is 114 cm³/mol. The Morgan fingerprint density at radius 2 is 1.76 bits per heavy atom. The fourth-order valence-electron chi connectivity index (χ4n) is 4.25. The summed E-state index contributed by atoms with van der Waals surface area (Å²) in [6, 6.07) is 18.4. The third-order valence-corrected chi connectivity index (χ3v) is 5.86. The molecule has 0 saturated carbocycles. The molecule has 29 heavy (non-hydrogen) atoms. The minimum absolute atomic E-state index is 0.0671. The Balaban J connectivity index is 1.34. The lowest BCUT2D eigenvalue weighted by atomic mass is 10.1. The van der Waals surface area contributed by atoms with Gasteiger partial charge in [-0.15, -0.1) is 0 Å². The molecule has 0 radical (unpaired) electrons. The molecule has 3 aromatic rings. The van der Waals surface area contributed by atoms with Gasteiger partial charge in [-0.3, -0.25) is 5.32 Å². The van der Waals surface area contributed by atoms with E-state index in [-0.39, 0.29) is 11.9 Å². The summed E-state index contributed by atoms with van der Waals surface area (Å²) in [5.41, 5.74) is 4.26. The van der Waals surface area contributed by atoms with Gasteiger partial charge in [-0.2, -0.15) is 4.57 Å². The first kappa shape index (κ1) is 17.9. The van der Waals surface area contributed by atoms with Crippen molar-refractivity contribution in [1.29, 1.82) is 0 Å². The van der Waals surface area contributed by atoms with E-state index in [0.29, 0.717) is 6.42 Å². The summed E-state index contributed by atoms with van der Waals surface area (Å²) in [5, 5.41) is 3.31. The number of piperidine rings is 1. The van der Waals surface area contributed by atoms with Crippen LogP contribution in [0.2, 0.25) is 0 Å². The highest BCUT2D eigenvalue weighted by Crippen LogP contribution is 2.24. The van der Waals surface area contributed by atoms with Crippen LogP contribution in [0.4, 0.5) is 11.5 Å². The summed E-state index contributed by atoms with van der Waals surface area (Å²) in [7, 11) is 0. The first-order valence-corrected chi connectivity index (χ1v) is 10.4. The second-order valence-corrected chi connectivity index (χ2v) is 7.85. The number of aromatic nitrogens is 2. The van der Waals surface area contributed by atoms with Gasteiger partial charge in [0.15, 0.2) is 6.04 Å². The molecule has 0 bridgehead atoms. The summed E-state index contributed by atoms with van der Waals surface area (Å²) >= 11 is 0. The van der Waals surface area contributed by atoms with E-state index in [1.165, 1.54) is 24.9 Å². The molecule has 3 heterocycles. The van der Waals surface area contributed by atoms with Gasteiger partial charge in [0, 0.05) is 30.8 Å². The van der Waals surface area contributed by atoms with Gasteiger partial charge >= 0.3 is 11.7 Å². The molecule has 5 nitrogen and oxygen atoms in total. The van der Waals surface area contributed by atoms with Crippen molar-refractivity contribution in [3.05, 3.63) is 72.6 Å². The lowest BCUT2D eigenvalue weighted by molar-refractivity contribution is -0.552. The number of fused-ring (bicyclic) bond motifs is 1. The summed E-state index contributed by atoms with van der Waals surface area (Å²) in [4.78, 5) is 19.9. The summed E-state index contributed by atoms with van der Waals surface area (Å²) < 4.78 is 1.70. The highest BCUT2D eigenvalue weighted by atomic mass is 16.2. The molecule has 0 aliphatic carbocycles. The molecule has 1 unspecified atom stereocenters. The van der Waals surface area contributed by atoms with E-state index in [9.17, 15) is 4.79 Å². The molecular weight excluding hydrogens is 360 g/mol. The van der Waals surface area contributed by atoms with Crippen LogP contribution in [0.3, 0.4) is 0 Å². The van der Waals surface area contributed by atoms with Crippen molar-refractivity contribution in [3.8, 4) is 11.3 Å². The van der Waals surface area contributed by atoms with Crippen molar-refractivity contribution in [3.63, 3.8) is 0 Å². The Labute approximate surface area is 171 Å². The summed E-state index contributed by atoms with van der Waals surface area (Å²) in [5.74, 6) is 0.821. The van der Waals surface area contributed by atoms with E-state index in [4.69, 9.17) is 0 Å². The second-order valence-electron chi connectivity index (χ2n) is 7.85. The SMILES string of the molecule is O=C1C(Cc2ccccc2)Nc2cnc(-c3ccc(N4CCCCC4)cc3)c[n+]21. The van der Waals surface area contributed by atoms with Crippen LogP contribution in [-0.4, -0.2) is 30.0 Å². The van der Waals surface area contributed by atoms with Crippen molar-refractivity contribution in [1.82, 2.24) is 4.98 Å². The molecule has 1 N–H and O–H groups in total. The van der Waals surface area contributed by atoms with E-state index >= 15 is 0 Å². The molecule has 0 spiro atoms. The van der Waals surface area contributed by atoms with Crippen LogP contribution in [0, 0.1) is 0 Å². The molecule has 0 amide bonds. The second kappa shape index (κ2) is 7.66. The fourth-order valence-corrected chi connectivity index (χ4v) is 4.25. The van der Waals surface area contributed by atoms with Crippen LogP contribution in [0.15, 0.2) is 67.0 Å². The standard InChI is InChI=1S/C24H24N4O/c29-24-21(15-18-7-3-1-4-8-18)26-23-16-25-22(17-28(23)24)19-9-11-20(12-10-19)27-13-5-2-6-14-27/h1,3-4,7-12,16-17,21H,2,5-6,13-15H2/p+1. The Bertz CT molecular complexity index is 1010. The predicted octanol–water partition coefficient (Wildman–Crippen LogP) is 3.70. The Kier molecular flexibility index (Phi) is 4.72. The number of benzene rings is 2. The molecular formula is C24H25N4O+. The van der Waals surface area contributed by atoms with Gasteiger partial charge in [0.1, 0.15) is 18.1 Å². The van der Waals surface area contributed by atoms with Crippen molar-refractivity contribution in [2.75, 3.05) is 23.3 Å². The lowest BCUT2D eigenvalue weighted by Crippen LogP contribution is -2.43. The van der Waals surface area contributed by atoms with Crippen LogP contribution in [0.25, 0.3) is 11.3 Å². The Morgan fingerprint density at radius 1 is 1.00 bits per heavy atom. The number of anilines is 2. The van der Waals surface area contributed by atoms with Gasteiger partial charge in [-0.05, 0) is 37.0 Å². The number of carbonyl (C=O) groups excluding carboxylic acids is 1. The molecule has 5 rings (SSSR count). The zero-order chi connectivity index (χ0) is 19.6. The van der Waals surface area contributed by atoms with Gasteiger partial charge in [0.2, 0.25) is 0 Å². The van der Waals surface area contributed by atoms with Crippen molar-refractivity contribution in [2.24, 2.45) is 0 Å². The molecule has 2 aliphatic rings. The zero-order valence-corrected chi connectivity index (χ0v) is 16.4. The minimum atomic E-state index is -0.254. The van der Waals surface area contributed by atoms with Crippen LogP contribution in [0.1, 0.15) is 29.6 Å². The van der Waals surface area contributed by atoms with Crippen LogP contribution in [-0.2, 0) is 6.42 Å². The first-order chi connectivity index (χ1) is 14.3. The quantitative estimate of drug-likeness (QED) is 0.696. The number of nitrogens with zero attached hydrogens (tertiary/aromatic N) is 3. The first-order valence-electron chi connectivity index (χ1n) is 10.4. The number of hydrogen-bond acceptors (Lipinski definition) is 4. The molecule has 1 aromatic heterocycles. The van der Waals surface area contributed by atoms with Gasteiger partial charge in [-0.25, -0.2) is 9.78 Å². The third kappa shape index (κ3) is 3.60. The van der Waals surface area contributed by atoms with Gasteiger partial charge in [-0.1, -0.05) is 42.5 Å². The third-order valence-electron chi connectivity index (χ3n) is 5.86. The maximum Gasteiger partial charge on any atom is 0.359 e. The van der Waals surface area contributed by atoms with Crippen LogP contribution in [0.5, 0.6) is 0 Å². The highest BCUT2D eigenvalue weighted by molar-refractivity contribution is 5.82. The summed E-state index contributed by atoms with van der Waals surface area (Å²) in [6.45, 7) is 2.27. The fraction of sp³-hybridized carbons (Fsp3) is 0.292. The monoisotopic (exact) mass is 385 g/mol. The van der Waals surface area contributed by atoms with E-state index < -0.39 is 0 Å². The zero-order valence-electron chi connectivity index (χ0n) is 16.4. The Hall–Kier alpha value is -3.21. The van der Waals surface area contributed by atoms with Crippen molar-refractivity contribution < 1.29 is 9.36 Å². The van der Waals surface area contributed by atoms with Crippen molar-refractivity contribution in [2.45, 2.75) is 31.7 Å². The molecule has 5 heteroatoms. The number of nitrogens with one attached hydrogen (secondary N) is 1. The Morgan fingerprint density at radius 3 is 2.52 bits per heavy atom. The van der Waals surface area contributed by atoms with E-state index in [0.717, 1.165) is 35.7 Å². The largest absolute Gasteiger partial charge is 0.372 e. The molecule has 1 saturated heterocycles. The van der Waals surface area contributed by atoms with Crippen LogP contribution >= 0.6 is 0 Å². The van der Waals surface area contributed by atoms with Crippen LogP contribution < -0.4 is 14.8 Å². The molecule has 1 fully saturated rings. The van der Waals surface area contributed by atoms with E-state index in [1.54, 1.807) is 10.8 Å². The molecule has 2 aromatic carbocycles. The highest BCUT2D eigenvalue weighted by Gasteiger charge is 2.38. The van der Waals surface area contributed by atoms with E-state index in [1.807, 2.05) is 24.4 Å².